The van der Waals surface area contributed by atoms with Gasteiger partial charge in [0.1, 0.15) is 0 Å². The summed E-state index contributed by atoms with van der Waals surface area (Å²) in [4.78, 5) is 11.6. The molecule has 0 aliphatic heterocycles. The van der Waals surface area contributed by atoms with E-state index in [2.05, 4.69) is 12.2 Å². The molecule has 2 atom stereocenters. The number of rotatable bonds is 5. The van der Waals surface area contributed by atoms with E-state index in [0.717, 1.165) is 0 Å². The Morgan fingerprint density at radius 1 is 1.40 bits per heavy atom. The molecule has 0 aromatic heterocycles. The summed E-state index contributed by atoms with van der Waals surface area (Å²) >= 11 is 0. The lowest BCUT2D eigenvalue weighted by Crippen LogP contribution is -2.43. The number of nitrogens with one attached hydrogen (secondary N) is 1. The number of nitrogens with two attached hydrogens (primary N) is 1. The van der Waals surface area contributed by atoms with E-state index < -0.39 is 0 Å². The summed E-state index contributed by atoms with van der Waals surface area (Å²) in [6, 6.07) is 0.309. The van der Waals surface area contributed by atoms with Crippen LogP contribution in [0.15, 0.2) is 0 Å². The second kappa shape index (κ2) is 5.50. The second-order valence-corrected chi connectivity index (χ2v) is 5.16. The SMILES string of the molecule is CC(C)C(N)CC(=O)NC(C)C1CCC1. The maximum Gasteiger partial charge on any atom is 0.221 e. The first-order valence-electron chi connectivity index (χ1n) is 6.05. The average Bonchev–Trinajstić information content (AvgIpc) is 1.99. The van der Waals surface area contributed by atoms with Crippen LogP contribution in [-0.2, 0) is 4.79 Å². The molecule has 88 valence electrons. The van der Waals surface area contributed by atoms with Crippen LogP contribution in [0.2, 0.25) is 0 Å². The van der Waals surface area contributed by atoms with Gasteiger partial charge in [-0.05, 0) is 31.6 Å². The van der Waals surface area contributed by atoms with E-state index in [4.69, 9.17) is 5.73 Å². The Labute approximate surface area is 92.8 Å². The normalized spacial score (nSPS) is 20.9. The second-order valence-electron chi connectivity index (χ2n) is 5.16. The van der Waals surface area contributed by atoms with Crippen LogP contribution in [0.5, 0.6) is 0 Å². The Hall–Kier alpha value is -0.570. The van der Waals surface area contributed by atoms with Gasteiger partial charge in [0.25, 0.3) is 0 Å². The first-order chi connectivity index (χ1) is 7.00. The first kappa shape index (κ1) is 12.5. The highest BCUT2D eigenvalue weighted by molar-refractivity contribution is 5.76. The molecule has 3 heteroatoms. The summed E-state index contributed by atoms with van der Waals surface area (Å²) in [6.07, 6.45) is 4.29. The lowest BCUT2D eigenvalue weighted by Gasteiger charge is -2.32. The zero-order valence-electron chi connectivity index (χ0n) is 10.1. The molecule has 3 N–H and O–H groups in total. The molecule has 1 aliphatic rings. The summed E-state index contributed by atoms with van der Waals surface area (Å²) < 4.78 is 0. The summed E-state index contributed by atoms with van der Waals surface area (Å²) in [7, 11) is 0. The summed E-state index contributed by atoms with van der Waals surface area (Å²) in [5.41, 5.74) is 5.85. The van der Waals surface area contributed by atoms with E-state index >= 15 is 0 Å². The molecule has 1 rings (SSSR count). The maximum atomic E-state index is 11.6. The van der Waals surface area contributed by atoms with Crippen LogP contribution in [-0.4, -0.2) is 18.0 Å². The van der Waals surface area contributed by atoms with Crippen molar-refractivity contribution in [1.29, 1.82) is 0 Å². The van der Waals surface area contributed by atoms with E-state index in [1.807, 2.05) is 13.8 Å². The number of carbonyl (C=O) groups excluding carboxylic acids is 1. The topological polar surface area (TPSA) is 55.1 Å². The summed E-state index contributed by atoms with van der Waals surface area (Å²) in [5, 5.41) is 3.05. The van der Waals surface area contributed by atoms with Crippen molar-refractivity contribution in [2.75, 3.05) is 0 Å². The van der Waals surface area contributed by atoms with Crippen LogP contribution in [0.4, 0.5) is 0 Å². The highest BCUT2D eigenvalue weighted by Gasteiger charge is 2.25. The molecule has 0 bridgehead atoms. The Morgan fingerprint density at radius 2 is 2.00 bits per heavy atom. The van der Waals surface area contributed by atoms with Gasteiger partial charge in [0.2, 0.25) is 5.91 Å². The average molecular weight is 212 g/mol. The van der Waals surface area contributed by atoms with Gasteiger partial charge in [-0.25, -0.2) is 0 Å². The highest BCUT2D eigenvalue weighted by atomic mass is 16.1. The van der Waals surface area contributed by atoms with Gasteiger partial charge in [-0.3, -0.25) is 4.79 Å². The lowest BCUT2D eigenvalue weighted by molar-refractivity contribution is -0.122. The van der Waals surface area contributed by atoms with Crippen LogP contribution < -0.4 is 11.1 Å². The largest absolute Gasteiger partial charge is 0.353 e. The Morgan fingerprint density at radius 3 is 2.40 bits per heavy atom. The van der Waals surface area contributed by atoms with Crippen LogP contribution in [0.3, 0.4) is 0 Å². The Kier molecular flexibility index (Phi) is 4.58. The molecule has 0 aromatic rings. The number of carbonyl (C=O) groups is 1. The van der Waals surface area contributed by atoms with Crippen molar-refractivity contribution in [3.05, 3.63) is 0 Å². The predicted octanol–water partition coefficient (Wildman–Crippen LogP) is 1.66. The van der Waals surface area contributed by atoms with Crippen LogP contribution >= 0.6 is 0 Å². The number of hydrogen-bond donors (Lipinski definition) is 2. The zero-order valence-corrected chi connectivity index (χ0v) is 10.1. The third-order valence-corrected chi connectivity index (χ3v) is 3.52. The molecule has 0 spiro atoms. The Balaban J connectivity index is 2.22. The van der Waals surface area contributed by atoms with Crippen LogP contribution in [0, 0.1) is 11.8 Å². The van der Waals surface area contributed by atoms with Crippen LogP contribution in [0.1, 0.15) is 46.5 Å². The van der Waals surface area contributed by atoms with Gasteiger partial charge in [-0.15, -0.1) is 0 Å². The fraction of sp³-hybridized carbons (Fsp3) is 0.917. The minimum absolute atomic E-state index is 0.0152. The third kappa shape index (κ3) is 3.82. The fourth-order valence-electron chi connectivity index (χ4n) is 1.82. The Bertz CT molecular complexity index is 212. The van der Waals surface area contributed by atoms with Crippen molar-refractivity contribution in [2.24, 2.45) is 17.6 Å². The van der Waals surface area contributed by atoms with Gasteiger partial charge in [-0.1, -0.05) is 20.3 Å². The molecule has 0 saturated heterocycles. The fourth-order valence-corrected chi connectivity index (χ4v) is 1.82. The van der Waals surface area contributed by atoms with Crippen LogP contribution in [0.25, 0.3) is 0 Å². The van der Waals surface area contributed by atoms with Crippen molar-refractivity contribution in [3.63, 3.8) is 0 Å². The smallest absolute Gasteiger partial charge is 0.221 e. The van der Waals surface area contributed by atoms with Crippen molar-refractivity contribution in [3.8, 4) is 0 Å². The van der Waals surface area contributed by atoms with Gasteiger partial charge >= 0.3 is 0 Å². The molecule has 2 unspecified atom stereocenters. The molecule has 0 aromatic carbocycles. The van der Waals surface area contributed by atoms with E-state index in [9.17, 15) is 4.79 Å². The van der Waals surface area contributed by atoms with Crippen molar-refractivity contribution in [2.45, 2.75) is 58.5 Å². The quantitative estimate of drug-likeness (QED) is 0.728. The molecule has 1 saturated carbocycles. The van der Waals surface area contributed by atoms with Gasteiger partial charge in [0.05, 0.1) is 0 Å². The van der Waals surface area contributed by atoms with Gasteiger partial charge in [-0.2, -0.15) is 0 Å². The summed E-state index contributed by atoms with van der Waals surface area (Å²) in [6.45, 7) is 6.20. The zero-order chi connectivity index (χ0) is 11.4. The minimum Gasteiger partial charge on any atom is -0.353 e. The molecular weight excluding hydrogens is 188 g/mol. The molecule has 3 nitrogen and oxygen atoms in total. The maximum absolute atomic E-state index is 11.6. The molecule has 1 amide bonds. The highest BCUT2D eigenvalue weighted by Crippen LogP contribution is 2.29. The molecule has 1 aliphatic carbocycles. The molecule has 1 fully saturated rings. The molecule has 0 radical (unpaired) electrons. The van der Waals surface area contributed by atoms with E-state index in [1.165, 1.54) is 19.3 Å². The van der Waals surface area contributed by atoms with E-state index in [1.54, 1.807) is 0 Å². The first-order valence-corrected chi connectivity index (χ1v) is 6.05. The van der Waals surface area contributed by atoms with Gasteiger partial charge in [0, 0.05) is 18.5 Å². The van der Waals surface area contributed by atoms with Crippen molar-refractivity contribution >= 4 is 5.91 Å². The van der Waals surface area contributed by atoms with Gasteiger partial charge < -0.3 is 11.1 Å². The van der Waals surface area contributed by atoms with Crippen molar-refractivity contribution in [1.82, 2.24) is 5.32 Å². The summed E-state index contributed by atoms with van der Waals surface area (Å²) in [5.74, 6) is 1.18. The minimum atomic E-state index is -0.0152. The van der Waals surface area contributed by atoms with E-state index in [0.29, 0.717) is 24.3 Å². The van der Waals surface area contributed by atoms with Gasteiger partial charge in [0.15, 0.2) is 0 Å². The third-order valence-electron chi connectivity index (χ3n) is 3.52. The number of hydrogen-bond acceptors (Lipinski definition) is 2. The predicted molar refractivity (Wildman–Crippen MR) is 62.4 cm³/mol. The van der Waals surface area contributed by atoms with Crippen molar-refractivity contribution < 1.29 is 4.79 Å². The monoisotopic (exact) mass is 212 g/mol. The number of amides is 1. The standard InChI is InChI=1S/C12H24N2O/c1-8(2)11(13)7-12(15)14-9(3)10-5-4-6-10/h8-11H,4-7,13H2,1-3H3,(H,14,15). The molecular formula is C12H24N2O. The van der Waals surface area contributed by atoms with E-state index in [-0.39, 0.29) is 11.9 Å². The molecule has 0 heterocycles. The lowest BCUT2D eigenvalue weighted by atomic mass is 9.80. The molecule has 15 heavy (non-hydrogen) atoms.